The van der Waals surface area contributed by atoms with Crippen molar-refractivity contribution in [2.45, 2.75) is 4.90 Å². The first-order valence-corrected chi connectivity index (χ1v) is 12.4. The number of halogens is 1. The molecule has 0 spiro atoms. The molecule has 7 nitrogen and oxygen atoms in total. The Morgan fingerprint density at radius 2 is 1.00 bits per heavy atom. The SMILES string of the molecule is C1=Cc2cc3ccc(cc4nc(cc5ccc(cc1n2)[nH]5)C=C4)[nH]3.O=S(=O)(O)c1ccccc1Cl. The smallest absolute Gasteiger partial charge is 0.296 e. The summed E-state index contributed by atoms with van der Waals surface area (Å²) < 4.78 is 29.6. The monoisotopic (exact) mass is 502 g/mol. The van der Waals surface area contributed by atoms with Gasteiger partial charge in [0.05, 0.1) is 27.8 Å². The Labute approximate surface area is 206 Å². The lowest BCUT2D eigenvalue weighted by molar-refractivity contribution is 0.483. The Morgan fingerprint density at radius 3 is 1.31 bits per heavy atom. The minimum atomic E-state index is -4.17. The number of hydrogen-bond acceptors (Lipinski definition) is 4. The molecule has 174 valence electrons. The molecule has 35 heavy (non-hydrogen) atoms. The molecule has 0 aliphatic carbocycles. The molecule has 6 rings (SSSR count). The summed E-state index contributed by atoms with van der Waals surface area (Å²) >= 11 is 5.47. The van der Waals surface area contributed by atoms with Crippen LogP contribution >= 0.6 is 11.6 Å². The fourth-order valence-electron chi connectivity index (χ4n) is 3.60. The largest absolute Gasteiger partial charge is 0.355 e. The zero-order valence-corrected chi connectivity index (χ0v) is 19.8. The Hall–Kier alpha value is -3.98. The second-order valence-electron chi connectivity index (χ2n) is 7.81. The topological polar surface area (TPSA) is 112 Å². The third-order valence-corrected chi connectivity index (χ3v) is 6.51. The van der Waals surface area contributed by atoms with E-state index in [2.05, 4.69) is 44.2 Å². The van der Waals surface area contributed by atoms with E-state index in [4.69, 9.17) is 16.2 Å². The van der Waals surface area contributed by atoms with E-state index < -0.39 is 10.1 Å². The third-order valence-electron chi connectivity index (χ3n) is 5.16. The molecule has 2 aliphatic rings. The van der Waals surface area contributed by atoms with Crippen molar-refractivity contribution < 1.29 is 13.0 Å². The van der Waals surface area contributed by atoms with Crippen LogP contribution in [0.15, 0.2) is 77.7 Å². The third kappa shape index (κ3) is 5.58. The summed E-state index contributed by atoms with van der Waals surface area (Å²) in [6.45, 7) is 0. The normalized spacial score (nSPS) is 12.3. The highest BCUT2D eigenvalue weighted by Crippen LogP contribution is 2.19. The molecule has 0 radical (unpaired) electrons. The average Bonchev–Trinajstić information content (AvgIpc) is 3.60. The molecule has 9 heteroatoms. The van der Waals surface area contributed by atoms with Crippen molar-refractivity contribution in [3.8, 4) is 0 Å². The highest BCUT2D eigenvalue weighted by molar-refractivity contribution is 7.86. The molecule has 0 atom stereocenters. The first-order chi connectivity index (χ1) is 16.8. The van der Waals surface area contributed by atoms with Gasteiger partial charge in [-0.3, -0.25) is 4.55 Å². The van der Waals surface area contributed by atoms with E-state index in [1.165, 1.54) is 18.2 Å². The van der Waals surface area contributed by atoms with Crippen LogP contribution in [0.1, 0.15) is 22.8 Å². The van der Waals surface area contributed by atoms with Crippen LogP contribution in [-0.2, 0) is 10.1 Å². The lowest BCUT2D eigenvalue weighted by Crippen LogP contribution is -1.97. The predicted molar refractivity (Wildman–Crippen MR) is 140 cm³/mol. The highest BCUT2D eigenvalue weighted by atomic mass is 35.5. The molecular formula is C26H19ClN4O3S. The maximum absolute atomic E-state index is 10.5. The van der Waals surface area contributed by atoms with E-state index in [9.17, 15) is 8.42 Å². The summed E-state index contributed by atoms with van der Waals surface area (Å²) in [5, 5.41) is 0.0231. The molecule has 0 saturated carbocycles. The van der Waals surface area contributed by atoms with E-state index in [-0.39, 0.29) is 9.92 Å². The second-order valence-corrected chi connectivity index (χ2v) is 9.61. The van der Waals surface area contributed by atoms with Gasteiger partial charge in [0, 0.05) is 22.1 Å². The van der Waals surface area contributed by atoms with Crippen LogP contribution in [-0.4, -0.2) is 32.9 Å². The van der Waals surface area contributed by atoms with Crippen LogP contribution in [0, 0.1) is 0 Å². The Balaban J connectivity index is 0.000000195. The first-order valence-electron chi connectivity index (χ1n) is 10.6. The van der Waals surface area contributed by atoms with Crippen LogP contribution in [0.5, 0.6) is 0 Å². The molecule has 4 aromatic rings. The number of rotatable bonds is 1. The van der Waals surface area contributed by atoms with Crippen molar-refractivity contribution in [1.82, 2.24) is 19.9 Å². The Morgan fingerprint density at radius 1 is 0.629 bits per heavy atom. The van der Waals surface area contributed by atoms with Crippen molar-refractivity contribution in [1.29, 1.82) is 0 Å². The zero-order valence-electron chi connectivity index (χ0n) is 18.2. The standard InChI is InChI=1S/C20H14N4.C6H5ClO3S/c1-2-14-10-16-5-6-18(23-16)12-20-8-7-19(24-20)11-17-4-3-15(22-17)9-13(1)21-14;7-5-3-1-2-4-6(5)11(8,9)10/h1-12,21,24H;1-4H,(H,8,9,10). The quantitative estimate of drug-likeness (QED) is 0.230. The van der Waals surface area contributed by atoms with Gasteiger partial charge in [-0.05, 0) is 85.0 Å². The second kappa shape index (κ2) is 9.34. The van der Waals surface area contributed by atoms with Gasteiger partial charge in [0.25, 0.3) is 10.1 Å². The minimum Gasteiger partial charge on any atom is -0.355 e. The van der Waals surface area contributed by atoms with Crippen molar-refractivity contribution in [2.75, 3.05) is 0 Å². The van der Waals surface area contributed by atoms with E-state index >= 15 is 0 Å². The van der Waals surface area contributed by atoms with Gasteiger partial charge in [-0.2, -0.15) is 8.42 Å². The molecule has 0 fully saturated rings. The molecule has 3 aromatic heterocycles. The van der Waals surface area contributed by atoms with Gasteiger partial charge in [0.1, 0.15) is 4.90 Å². The lowest BCUT2D eigenvalue weighted by Gasteiger charge is -1.97. The summed E-state index contributed by atoms with van der Waals surface area (Å²) in [5.41, 5.74) is 7.86. The van der Waals surface area contributed by atoms with Crippen LogP contribution in [0.2, 0.25) is 5.02 Å². The van der Waals surface area contributed by atoms with Gasteiger partial charge in [-0.1, -0.05) is 23.7 Å². The number of aromatic nitrogens is 4. The molecule has 8 bridgehead atoms. The number of benzene rings is 1. The van der Waals surface area contributed by atoms with E-state index in [0.717, 1.165) is 44.8 Å². The minimum absolute atomic E-state index is 0.0231. The molecule has 5 heterocycles. The van der Waals surface area contributed by atoms with Gasteiger partial charge in [0.2, 0.25) is 0 Å². The van der Waals surface area contributed by atoms with Gasteiger partial charge < -0.3 is 9.97 Å². The predicted octanol–water partition coefficient (Wildman–Crippen LogP) is 6.24. The van der Waals surface area contributed by atoms with Crippen molar-refractivity contribution >= 4 is 68.1 Å². The Kier molecular flexibility index (Phi) is 6.08. The zero-order chi connectivity index (χ0) is 24.4. The van der Waals surface area contributed by atoms with Gasteiger partial charge in [-0.25, -0.2) is 9.97 Å². The van der Waals surface area contributed by atoms with Crippen LogP contribution < -0.4 is 0 Å². The Bertz CT molecular complexity index is 1580. The van der Waals surface area contributed by atoms with Crippen molar-refractivity contribution in [3.63, 3.8) is 0 Å². The van der Waals surface area contributed by atoms with Crippen molar-refractivity contribution in [3.05, 3.63) is 101 Å². The number of hydrogen-bond donors (Lipinski definition) is 3. The number of nitrogens with one attached hydrogen (secondary N) is 2. The lowest BCUT2D eigenvalue weighted by atomic mass is 10.3. The molecule has 0 saturated heterocycles. The molecule has 1 aromatic carbocycles. The van der Waals surface area contributed by atoms with Crippen molar-refractivity contribution in [2.24, 2.45) is 0 Å². The van der Waals surface area contributed by atoms with E-state index in [1.807, 2.05) is 48.6 Å². The van der Waals surface area contributed by atoms with Gasteiger partial charge in [0.15, 0.2) is 0 Å². The summed E-state index contributed by atoms with van der Waals surface area (Å²) in [6.07, 6.45) is 8.09. The highest BCUT2D eigenvalue weighted by Gasteiger charge is 2.12. The molecular weight excluding hydrogens is 484 g/mol. The fourth-order valence-corrected chi connectivity index (χ4v) is 4.59. The molecule has 0 unspecified atom stereocenters. The molecule has 0 amide bonds. The maximum atomic E-state index is 10.5. The summed E-state index contributed by atoms with van der Waals surface area (Å²) in [5.74, 6) is 0. The number of H-pyrrole nitrogens is 2. The summed E-state index contributed by atoms with van der Waals surface area (Å²) in [6, 6.07) is 22.1. The number of nitrogens with zero attached hydrogens (tertiary/aromatic N) is 2. The number of fused-ring (bicyclic) bond motifs is 8. The first kappa shape index (κ1) is 22.8. The average molecular weight is 503 g/mol. The molecule has 2 aliphatic heterocycles. The van der Waals surface area contributed by atoms with E-state index in [0.29, 0.717) is 0 Å². The molecule has 3 N–H and O–H groups in total. The number of aromatic amines is 2. The van der Waals surface area contributed by atoms with E-state index in [1.54, 1.807) is 6.07 Å². The van der Waals surface area contributed by atoms with Gasteiger partial charge >= 0.3 is 0 Å². The summed E-state index contributed by atoms with van der Waals surface area (Å²) in [7, 11) is -4.17. The van der Waals surface area contributed by atoms with Crippen LogP contribution in [0.25, 0.3) is 46.4 Å². The summed E-state index contributed by atoms with van der Waals surface area (Å²) in [4.78, 5) is 15.8. The van der Waals surface area contributed by atoms with Gasteiger partial charge in [-0.15, -0.1) is 0 Å². The fraction of sp³-hybridized carbons (Fsp3) is 0. The van der Waals surface area contributed by atoms with Crippen LogP contribution in [0.4, 0.5) is 0 Å². The van der Waals surface area contributed by atoms with Crippen LogP contribution in [0.3, 0.4) is 0 Å². The maximum Gasteiger partial charge on any atom is 0.296 e.